The molecule has 0 amide bonds. The van der Waals surface area contributed by atoms with Crippen LogP contribution in [0.4, 0.5) is 0 Å². The van der Waals surface area contributed by atoms with Crippen molar-refractivity contribution in [2.75, 3.05) is 12.4 Å². The van der Waals surface area contributed by atoms with Gasteiger partial charge in [-0.3, -0.25) is 0 Å². The van der Waals surface area contributed by atoms with Crippen molar-refractivity contribution in [1.29, 1.82) is 0 Å². The van der Waals surface area contributed by atoms with Gasteiger partial charge in [0.1, 0.15) is 0 Å². The van der Waals surface area contributed by atoms with Crippen LogP contribution in [0.5, 0.6) is 0 Å². The maximum Gasteiger partial charge on any atom is 0.0327 e. The molecule has 1 atom stereocenters. The molecule has 0 bridgehead atoms. The predicted octanol–water partition coefficient (Wildman–Crippen LogP) is 4.26. The largest absolute Gasteiger partial charge is 0.312 e. The predicted molar refractivity (Wildman–Crippen MR) is 72.8 cm³/mol. The van der Waals surface area contributed by atoms with Crippen LogP contribution in [-0.4, -0.2) is 12.4 Å². The summed E-state index contributed by atoms with van der Waals surface area (Å²) in [6, 6.07) is 2.09. The first-order chi connectivity index (χ1) is 7.27. The lowest BCUT2D eigenvalue weighted by Crippen LogP contribution is -2.22. The fraction of sp³-hybridized carbons (Fsp3) is 0.636. The van der Waals surface area contributed by atoms with Gasteiger partial charge in [0.05, 0.1) is 0 Å². The van der Waals surface area contributed by atoms with E-state index < -0.39 is 0 Å². The topological polar surface area (TPSA) is 12.0 Å². The Morgan fingerprint density at radius 3 is 2.93 bits per heavy atom. The number of hydrogen-bond donors (Lipinski definition) is 1. The number of thiophene rings is 1. The first kappa shape index (κ1) is 13.5. The molecular formula is C11H17BrClNS. The molecule has 4 heteroatoms. The number of alkyl halides is 1. The SMILES string of the molecule is CCC(CCCl)CNCc1sccc1Br. The van der Waals surface area contributed by atoms with Gasteiger partial charge in [0.15, 0.2) is 0 Å². The molecule has 0 fully saturated rings. The van der Waals surface area contributed by atoms with E-state index in [0.29, 0.717) is 5.92 Å². The number of hydrogen-bond acceptors (Lipinski definition) is 2. The Balaban J connectivity index is 2.23. The number of nitrogens with one attached hydrogen (secondary N) is 1. The summed E-state index contributed by atoms with van der Waals surface area (Å²) in [6.45, 7) is 4.24. The zero-order chi connectivity index (χ0) is 11.1. The summed E-state index contributed by atoms with van der Waals surface area (Å²) < 4.78 is 1.21. The second-order valence-corrected chi connectivity index (χ2v) is 5.81. The van der Waals surface area contributed by atoms with Crippen LogP contribution in [0.2, 0.25) is 0 Å². The van der Waals surface area contributed by atoms with E-state index in [0.717, 1.165) is 25.4 Å². The quantitative estimate of drug-likeness (QED) is 0.742. The molecule has 0 aliphatic heterocycles. The Morgan fingerprint density at radius 2 is 2.40 bits per heavy atom. The van der Waals surface area contributed by atoms with Gasteiger partial charge in [-0.1, -0.05) is 13.3 Å². The third-order valence-corrected chi connectivity index (χ3v) is 4.65. The van der Waals surface area contributed by atoms with Crippen LogP contribution in [0, 0.1) is 5.92 Å². The third kappa shape index (κ3) is 4.85. The lowest BCUT2D eigenvalue weighted by molar-refractivity contribution is 0.452. The standard InChI is InChI=1S/C11H17BrClNS/c1-2-9(3-5-13)7-14-8-11-10(12)4-6-15-11/h4,6,9,14H,2-3,5,7-8H2,1H3. The highest BCUT2D eigenvalue weighted by Crippen LogP contribution is 2.22. The van der Waals surface area contributed by atoms with Crippen LogP contribution in [0.1, 0.15) is 24.6 Å². The van der Waals surface area contributed by atoms with Crippen molar-refractivity contribution >= 4 is 38.9 Å². The number of halogens is 2. The Morgan fingerprint density at radius 1 is 1.60 bits per heavy atom. The molecule has 1 aromatic heterocycles. The molecular weight excluding hydrogens is 294 g/mol. The summed E-state index contributed by atoms with van der Waals surface area (Å²) in [5.41, 5.74) is 0. The van der Waals surface area contributed by atoms with E-state index in [2.05, 4.69) is 39.6 Å². The van der Waals surface area contributed by atoms with Gasteiger partial charge in [-0.15, -0.1) is 22.9 Å². The maximum absolute atomic E-state index is 5.75. The monoisotopic (exact) mass is 309 g/mol. The highest BCUT2D eigenvalue weighted by molar-refractivity contribution is 9.10. The molecule has 86 valence electrons. The molecule has 1 aromatic rings. The van der Waals surface area contributed by atoms with Gasteiger partial charge < -0.3 is 5.32 Å². The van der Waals surface area contributed by atoms with Crippen LogP contribution in [0.3, 0.4) is 0 Å². The van der Waals surface area contributed by atoms with E-state index >= 15 is 0 Å². The van der Waals surface area contributed by atoms with Gasteiger partial charge in [-0.05, 0) is 46.3 Å². The van der Waals surface area contributed by atoms with E-state index in [1.165, 1.54) is 15.8 Å². The molecule has 0 saturated heterocycles. The fourth-order valence-electron chi connectivity index (χ4n) is 1.45. The van der Waals surface area contributed by atoms with Crippen LogP contribution in [0.25, 0.3) is 0 Å². The smallest absolute Gasteiger partial charge is 0.0327 e. The molecule has 0 saturated carbocycles. The molecule has 1 unspecified atom stereocenters. The van der Waals surface area contributed by atoms with Crippen molar-refractivity contribution in [2.45, 2.75) is 26.3 Å². The molecule has 0 aliphatic carbocycles. The van der Waals surface area contributed by atoms with Crippen molar-refractivity contribution in [3.63, 3.8) is 0 Å². The van der Waals surface area contributed by atoms with E-state index in [1.807, 2.05) is 0 Å². The lowest BCUT2D eigenvalue weighted by atomic mass is 10.0. The van der Waals surface area contributed by atoms with Gasteiger partial charge in [-0.2, -0.15) is 0 Å². The summed E-state index contributed by atoms with van der Waals surface area (Å²) in [5, 5.41) is 5.59. The lowest BCUT2D eigenvalue weighted by Gasteiger charge is -2.13. The van der Waals surface area contributed by atoms with Crippen LogP contribution >= 0.6 is 38.9 Å². The molecule has 1 heterocycles. The molecule has 0 aromatic carbocycles. The normalized spacial score (nSPS) is 13.0. The Hall–Kier alpha value is 0.430. The van der Waals surface area contributed by atoms with Crippen LogP contribution < -0.4 is 5.32 Å². The summed E-state index contributed by atoms with van der Waals surface area (Å²) in [4.78, 5) is 1.37. The van der Waals surface area contributed by atoms with Crippen molar-refractivity contribution < 1.29 is 0 Å². The van der Waals surface area contributed by atoms with Crippen molar-refractivity contribution in [2.24, 2.45) is 5.92 Å². The molecule has 0 spiro atoms. The summed E-state index contributed by atoms with van der Waals surface area (Å²) in [6.07, 6.45) is 2.31. The van der Waals surface area contributed by atoms with E-state index in [-0.39, 0.29) is 0 Å². The van der Waals surface area contributed by atoms with Gasteiger partial charge in [0.2, 0.25) is 0 Å². The zero-order valence-corrected chi connectivity index (χ0v) is 12.1. The average Bonchev–Trinajstić information content (AvgIpc) is 2.63. The van der Waals surface area contributed by atoms with Crippen molar-refractivity contribution in [1.82, 2.24) is 5.32 Å². The zero-order valence-electron chi connectivity index (χ0n) is 8.93. The first-order valence-electron chi connectivity index (χ1n) is 5.26. The first-order valence-corrected chi connectivity index (χ1v) is 7.47. The second-order valence-electron chi connectivity index (χ2n) is 3.57. The van der Waals surface area contributed by atoms with E-state index in [4.69, 9.17) is 11.6 Å². The highest BCUT2D eigenvalue weighted by Gasteiger charge is 2.06. The van der Waals surface area contributed by atoms with Crippen LogP contribution in [-0.2, 0) is 6.54 Å². The molecule has 1 nitrogen and oxygen atoms in total. The molecule has 0 aliphatic rings. The van der Waals surface area contributed by atoms with E-state index in [1.54, 1.807) is 11.3 Å². The minimum absolute atomic E-state index is 0.709. The highest BCUT2D eigenvalue weighted by atomic mass is 79.9. The fourth-order valence-corrected chi connectivity index (χ4v) is 3.22. The van der Waals surface area contributed by atoms with Gasteiger partial charge in [-0.25, -0.2) is 0 Å². The number of rotatable bonds is 7. The Bertz CT molecular complexity index is 277. The minimum atomic E-state index is 0.709. The van der Waals surface area contributed by atoms with Crippen molar-refractivity contribution in [3.05, 3.63) is 20.8 Å². The van der Waals surface area contributed by atoms with Crippen molar-refractivity contribution in [3.8, 4) is 0 Å². The Kier molecular flexibility index (Phi) is 6.89. The molecule has 15 heavy (non-hydrogen) atoms. The molecule has 1 N–H and O–H groups in total. The average molecular weight is 311 g/mol. The van der Waals surface area contributed by atoms with Gasteiger partial charge in [0.25, 0.3) is 0 Å². The maximum atomic E-state index is 5.75. The molecule has 1 rings (SSSR count). The van der Waals surface area contributed by atoms with E-state index in [9.17, 15) is 0 Å². The van der Waals surface area contributed by atoms with Gasteiger partial charge in [0, 0.05) is 21.8 Å². The Labute approximate surface area is 109 Å². The van der Waals surface area contributed by atoms with Crippen LogP contribution in [0.15, 0.2) is 15.9 Å². The van der Waals surface area contributed by atoms with Gasteiger partial charge >= 0.3 is 0 Å². The second kappa shape index (κ2) is 7.66. The minimum Gasteiger partial charge on any atom is -0.312 e. The third-order valence-electron chi connectivity index (χ3n) is 2.50. The molecule has 0 radical (unpaired) electrons. The summed E-state index contributed by atoms with van der Waals surface area (Å²) in [7, 11) is 0. The summed E-state index contributed by atoms with van der Waals surface area (Å²) >= 11 is 11.1. The summed E-state index contributed by atoms with van der Waals surface area (Å²) in [5.74, 6) is 1.48.